The summed E-state index contributed by atoms with van der Waals surface area (Å²) in [7, 11) is -3.33. The van der Waals surface area contributed by atoms with E-state index < -0.39 is 16.3 Å². The van der Waals surface area contributed by atoms with Crippen LogP contribution >= 0.6 is 0 Å². The van der Waals surface area contributed by atoms with Crippen LogP contribution < -0.4 is 9.44 Å². The first-order chi connectivity index (χ1) is 6.53. The van der Waals surface area contributed by atoms with Gasteiger partial charge >= 0.3 is 0 Å². The Bertz CT molecular complexity index is 262. The van der Waals surface area contributed by atoms with Crippen molar-refractivity contribution in [1.82, 2.24) is 9.44 Å². The largest absolute Gasteiger partial charge is 0.393 e. The van der Waals surface area contributed by atoms with Crippen molar-refractivity contribution in [1.29, 1.82) is 0 Å². The minimum absolute atomic E-state index is 0.128. The van der Waals surface area contributed by atoms with E-state index in [1.54, 1.807) is 0 Å². The van der Waals surface area contributed by atoms with E-state index in [9.17, 15) is 13.5 Å². The second kappa shape index (κ2) is 5.06. The smallest absolute Gasteiger partial charge is 0.277 e. The first kappa shape index (κ1) is 11.9. The van der Waals surface area contributed by atoms with Gasteiger partial charge in [0.15, 0.2) is 0 Å². The van der Waals surface area contributed by atoms with E-state index in [1.807, 2.05) is 6.92 Å². The minimum atomic E-state index is -3.33. The average Bonchev–Trinajstić information content (AvgIpc) is 2.86. The first-order valence-electron chi connectivity index (χ1n) is 4.98. The maximum Gasteiger partial charge on any atom is 0.277 e. The Morgan fingerprint density at radius 1 is 1.50 bits per heavy atom. The Labute approximate surface area is 85.1 Å². The van der Waals surface area contributed by atoms with Gasteiger partial charge in [-0.05, 0) is 25.7 Å². The van der Waals surface area contributed by atoms with Crippen molar-refractivity contribution in [3.8, 4) is 0 Å². The fourth-order valence-electron chi connectivity index (χ4n) is 1.03. The Hall–Kier alpha value is -0.170. The van der Waals surface area contributed by atoms with E-state index in [-0.39, 0.29) is 12.6 Å². The molecule has 0 aromatic heterocycles. The molecule has 14 heavy (non-hydrogen) atoms. The SMILES string of the molecule is CCC(O)CCNS(=O)(=O)NC1CC1. The number of nitrogens with one attached hydrogen (secondary N) is 2. The fourth-order valence-corrected chi connectivity index (χ4v) is 2.17. The zero-order chi connectivity index (χ0) is 10.6. The van der Waals surface area contributed by atoms with Crippen LogP contribution in [0.1, 0.15) is 32.6 Å². The van der Waals surface area contributed by atoms with Crippen LogP contribution in [-0.4, -0.2) is 32.2 Å². The molecule has 1 unspecified atom stereocenters. The number of aliphatic hydroxyl groups is 1. The van der Waals surface area contributed by atoms with Gasteiger partial charge < -0.3 is 5.11 Å². The van der Waals surface area contributed by atoms with Gasteiger partial charge in [0.2, 0.25) is 0 Å². The van der Waals surface area contributed by atoms with Crippen molar-refractivity contribution in [3.05, 3.63) is 0 Å². The van der Waals surface area contributed by atoms with Crippen molar-refractivity contribution < 1.29 is 13.5 Å². The molecular formula is C8H18N2O3S. The van der Waals surface area contributed by atoms with Gasteiger partial charge in [-0.25, -0.2) is 4.72 Å². The average molecular weight is 222 g/mol. The van der Waals surface area contributed by atoms with Crippen LogP contribution in [0, 0.1) is 0 Å². The third-order valence-corrected chi connectivity index (χ3v) is 3.37. The Balaban J connectivity index is 2.15. The fraction of sp³-hybridized carbons (Fsp3) is 1.00. The summed E-state index contributed by atoms with van der Waals surface area (Å²) in [6, 6.07) is 0.128. The number of aliphatic hydroxyl groups excluding tert-OH is 1. The summed E-state index contributed by atoms with van der Waals surface area (Å²) in [5.41, 5.74) is 0. The highest BCUT2D eigenvalue weighted by molar-refractivity contribution is 7.87. The van der Waals surface area contributed by atoms with Crippen LogP contribution in [-0.2, 0) is 10.2 Å². The number of rotatable bonds is 7. The molecule has 0 aliphatic heterocycles. The molecule has 0 aromatic rings. The lowest BCUT2D eigenvalue weighted by molar-refractivity contribution is 0.162. The van der Waals surface area contributed by atoms with Crippen molar-refractivity contribution >= 4 is 10.2 Å². The topological polar surface area (TPSA) is 78.4 Å². The standard InChI is InChI=1S/C8H18N2O3S/c1-2-8(11)5-6-9-14(12,13)10-7-3-4-7/h7-11H,2-6H2,1H3. The predicted octanol–water partition coefficient (Wildman–Crippen LogP) is -0.266. The van der Waals surface area contributed by atoms with Crippen LogP contribution in [0.25, 0.3) is 0 Å². The summed E-state index contributed by atoms with van der Waals surface area (Å²) in [6.07, 6.45) is 2.55. The molecule has 0 spiro atoms. The highest BCUT2D eigenvalue weighted by Crippen LogP contribution is 2.19. The summed E-state index contributed by atoms with van der Waals surface area (Å²) >= 11 is 0. The Kier molecular flexibility index (Phi) is 4.31. The van der Waals surface area contributed by atoms with E-state index in [2.05, 4.69) is 9.44 Å². The molecule has 0 bridgehead atoms. The van der Waals surface area contributed by atoms with E-state index in [0.717, 1.165) is 12.8 Å². The molecule has 0 heterocycles. The van der Waals surface area contributed by atoms with Gasteiger partial charge in [-0.1, -0.05) is 6.92 Å². The molecule has 1 aliphatic carbocycles. The van der Waals surface area contributed by atoms with Crippen LogP contribution in [0.2, 0.25) is 0 Å². The molecule has 3 N–H and O–H groups in total. The molecule has 1 fully saturated rings. The third kappa shape index (κ3) is 4.90. The number of hydrogen-bond acceptors (Lipinski definition) is 3. The lowest BCUT2D eigenvalue weighted by atomic mass is 10.2. The summed E-state index contributed by atoms with van der Waals surface area (Å²) in [5.74, 6) is 0. The Morgan fingerprint density at radius 2 is 2.14 bits per heavy atom. The monoisotopic (exact) mass is 222 g/mol. The molecule has 0 amide bonds. The molecule has 0 radical (unpaired) electrons. The zero-order valence-electron chi connectivity index (χ0n) is 8.36. The molecule has 0 saturated heterocycles. The summed E-state index contributed by atoms with van der Waals surface area (Å²) in [4.78, 5) is 0. The van der Waals surface area contributed by atoms with Crippen LogP contribution in [0.15, 0.2) is 0 Å². The maximum atomic E-state index is 11.2. The summed E-state index contributed by atoms with van der Waals surface area (Å²) in [6.45, 7) is 2.15. The van der Waals surface area contributed by atoms with Gasteiger partial charge in [0, 0.05) is 12.6 Å². The van der Waals surface area contributed by atoms with Gasteiger partial charge in [-0.2, -0.15) is 13.1 Å². The lowest BCUT2D eigenvalue weighted by Gasteiger charge is -2.09. The predicted molar refractivity (Wildman–Crippen MR) is 54.0 cm³/mol. The van der Waals surface area contributed by atoms with Crippen molar-refractivity contribution in [2.75, 3.05) is 6.54 Å². The molecular weight excluding hydrogens is 204 g/mol. The van der Waals surface area contributed by atoms with E-state index in [0.29, 0.717) is 12.8 Å². The normalized spacial score (nSPS) is 19.6. The molecule has 5 nitrogen and oxygen atoms in total. The van der Waals surface area contributed by atoms with Crippen molar-refractivity contribution in [2.24, 2.45) is 0 Å². The van der Waals surface area contributed by atoms with Gasteiger partial charge in [0.1, 0.15) is 0 Å². The quantitative estimate of drug-likeness (QED) is 0.555. The molecule has 1 rings (SSSR count). The van der Waals surface area contributed by atoms with E-state index >= 15 is 0 Å². The zero-order valence-corrected chi connectivity index (χ0v) is 9.18. The molecule has 6 heteroatoms. The van der Waals surface area contributed by atoms with Crippen LogP contribution in [0.3, 0.4) is 0 Å². The second-order valence-electron chi connectivity index (χ2n) is 3.64. The molecule has 1 atom stereocenters. The summed E-state index contributed by atoms with van der Waals surface area (Å²) in [5, 5.41) is 9.19. The minimum Gasteiger partial charge on any atom is -0.393 e. The van der Waals surface area contributed by atoms with Crippen molar-refractivity contribution in [3.63, 3.8) is 0 Å². The van der Waals surface area contributed by atoms with Crippen LogP contribution in [0.5, 0.6) is 0 Å². The first-order valence-corrected chi connectivity index (χ1v) is 6.47. The van der Waals surface area contributed by atoms with E-state index in [1.165, 1.54) is 0 Å². The second-order valence-corrected chi connectivity index (χ2v) is 5.17. The van der Waals surface area contributed by atoms with Crippen LogP contribution in [0.4, 0.5) is 0 Å². The highest BCUT2D eigenvalue weighted by Gasteiger charge is 2.26. The Morgan fingerprint density at radius 3 is 2.64 bits per heavy atom. The summed E-state index contributed by atoms with van der Waals surface area (Å²) < 4.78 is 27.4. The van der Waals surface area contributed by atoms with E-state index in [4.69, 9.17) is 0 Å². The third-order valence-electron chi connectivity index (χ3n) is 2.14. The van der Waals surface area contributed by atoms with Gasteiger partial charge in [0.25, 0.3) is 10.2 Å². The molecule has 0 aromatic carbocycles. The van der Waals surface area contributed by atoms with Crippen molar-refractivity contribution in [2.45, 2.75) is 44.8 Å². The highest BCUT2D eigenvalue weighted by atomic mass is 32.2. The maximum absolute atomic E-state index is 11.2. The van der Waals surface area contributed by atoms with Gasteiger partial charge in [-0.15, -0.1) is 0 Å². The number of hydrogen-bond donors (Lipinski definition) is 3. The lowest BCUT2D eigenvalue weighted by Crippen LogP contribution is -2.38. The van der Waals surface area contributed by atoms with Gasteiger partial charge in [-0.3, -0.25) is 0 Å². The molecule has 84 valence electrons. The van der Waals surface area contributed by atoms with Gasteiger partial charge in [0.05, 0.1) is 6.10 Å². The molecule has 1 saturated carbocycles. The molecule has 1 aliphatic rings.